The number of halogens is 1. The van der Waals surface area contributed by atoms with Crippen molar-refractivity contribution in [1.29, 1.82) is 5.26 Å². The molecule has 0 atom stereocenters. The summed E-state index contributed by atoms with van der Waals surface area (Å²) in [6.45, 7) is 0.0491. The number of hydrogen-bond donors (Lipinski definition) is 1. The maximum Gasteiger partial charge on any atom is 0.351 e. The third-order valence-electron chi connectivity index (χ3n) is 4.34. The molecule has 0 radical (unpaired) electrons. The number of para-hydroxylation sites is 2. The standard InChI is InChI=1S/C22H14ClN3O2/c23-21-20(25-18-7-3-4-8-19(18)26-21)17(12-24)22(27)28-13-14-9-10-15-5-1-2-6-16(15)11-14/h1-11,25H,13H2/b20-17+. The van der Waals surface area contributed by atoms with E-state index in [0.29, 0.717) is 11.4 Å². The van der Waals surface area contributed by atoms with Crippen molar-refractivity contribution in [3.63, 3.8) is 0 Å². The molecule has 4 rings (SSSR count). The van der Waals surface area contributed by atoms with E-state index in [2.05, 4.69) is 10.3 Å². The highest BCUT2D eigenvalue weighted by Gasteiger charge is 2.24. The molecule has 0 bridgehead atoms. The average molecular weight is 388 g/mol. The van der Waals surface area contributed by atoms with Crippen molar-refractivity contribution in [3.8, 4) is 6.07 Å². The molecule has 0 saturated heterocycles. The number of esters is 1. The Hall–Kier alpha value is -3.62. The number of rotatable bonds is 3. The Labute approximate surface area is 166 Å². The Morgan fingerprint density at radius 3 is 2.64 bits per heavy atom. The van der Waals surface area contributed by atoms with Crippen LogP contribution in [-0.4, -0.2) is 11.1 Å². The number of nitriles is 1. The number of carbonyl (C=O) groups is 1. The largest absolute Gasteiger partial charge is 0.457 e. The molecular weight excluding hydrogens is 374 g/mol. The lowest BCUT2D eigenvalue weighted by atomic mass is 10.1. The predicted octanol–water partition coefficient (Wildman–Crippen LogP) is 5.06. The summed E-state index contributed by atoms with van der Waals surface area (Å²) >= 11 is 6.18. The summed E-state index contributed by atoms with van der Waals surface area (Å²) in [7, 11) is 0. The van der Waals surface area contributed by atoms with Gasteiger partial charge in [-0.25, -0.2) is 9.79 Å². The average Bonchev–Trinajstić information content (AvgIpc) is 2.73. The van der Waals surface area contributed by atoms with Gasteiger partial charge in [-0.05, 0) is 34.5 Å². The Kier molecular flexibility index (Phi) is 4.79. The van der Waals surface area contributed by atoms with Gasteiger partial charge in [-0.3, -0.25) is 0 Å². The van der Waals surface area contributed by atoms with Crippen molar-refractivity contribution in [1.82, 2.24) is 0 Å². The molecule has 6 heteroatoms. The normalized spacial score (nSPS) is 14.4. The number of carbonyl (C=O) groups excluding carboxylic acids is 1. The van der Waals surface area contributed by atoms with Gasteiger partial charge in [0.05, 0.1) is 11.4 Å². The van der Waals surface area contributed by atoms with Crippen LogP contribution in [0.25, 0.3) is 10.8 Å². The van der Waals surface area contributed by atoms with Gasteiger partial charge in [0.15, 0.2) is 10.7 Å². The van der Waals surface area contributed by atoms with E-state index >= 15 is 0 Å². The van der Waals surface area contributed by atoms with Crippen molar-refractivity contribution >= 4 is 44.9 Å². The Morgan fingerprint density at radius 2 is 1.82 bits per heavy atom. The maximum atomic E-state index is 12.5. The van der Waals surface area contributed by atoms with Crippen LogP contribution < -0.4 is 5.32 Å². The smallest absolute Gasteiger partial charge is 0.351 e. The lowest BCUT2D eigenvalue weighted by Gasteiger charge is -2.18. The van der Waals surface area contributed by atoms with Crippen molar-refractivity contribution < 1.29 is 9.53 Å². The molecule has 136 valence electrons. The van der Waals surface area contributed by atoms with Crippen LogP contribution >= 0.6 is 11.6 Å². The first-order valence-corrected chi connectivity index (χ1v) is 8.93. The molecule has 1 N–H and O–H groups in total. The van der Waals surface area contributed by atoms with Crippen molar-refractivity contribution in [2.45, 2.75) is 6.61 Å². The fourth-order valence-electron chi connectivity index (χ4n) is 2.94. The fourth-order valence-corrected chi connectivity index (χ4v) is 3.18. The van der Waals surface area contributed by atoms with Gasteiger partial charge >= 0.3 is 5.97 Å². The lowest BCUT2D eigenvalue weighted by molar-refractivity contribution is -0.139. The molecule has 1 heterocycles. The molecule has 1 aliphatic rings. The van der Waals surface area contributed by atoms with Gasteiger partial charge in [0.2, 0.25) is 0 Å². The molecule has 0 amide bonds. The summed E-state index contributed by atoms with van der Waals surface area (Å²) < 4.78 is 5.35. The number of ether oxygens (including phenoxy) is 1. The van der Waals surface area contributed by atoms with Crippen LogP contribution in [0.3, 0.4) is 0 Å². The predicted molar refractivity (Wildman–Crippen MR) is 109 cm³/mol. The minimum absolute atomic E-state index is 0.0397. The van der Waals surface area contributed by atoms with Gasteiger partial charge in [-0.2, -0.15) is 5.26 Å². The first kappa shape index (κ1) is 17.8. The third kappa shape index (κ3) is 3.46. The molecule has 0 unspecified atom stereocenters. The second kappa shape index (κ2) is 7.55. The van der Waals surface area contributed by atoms with E-state index in [9.17, 15) is 10.1 Å². The minimum Gasteiger partial charge on any atom is -0.457 e. The van der Waals surface area contributed by atoms with Crippen molar-refractivity contribution in [2.75, 3.05) is 5.32 Å². The van der Waals surface area contributed by atoms with Crippen LogP contribution in [0.2, 0.25) is 0 Å². The summed E-state index contributed by atoms with van der Waals surface area (Å²) in [5, 5.41) is 14.7. The molecule has 3 aromatic carbocycles. The van der Waals surface area contributed by atoms with Crippen LogP contribution in [-0.2, 0) is 16.1 Å². The van der Waals surface area contributed by atoms with Gasteiger partial charge in [-0.15, -0.1) is 0 Å². The van der Waals surface area contributed by atoms with E-state index < -0.39 is 5.97 Å². The molecule has 0 fully saturated rings. The Morgan fingerprint density at radius 1 is 1.07 bits per heavy atom. The second-order valence-corrected chi connectivity index (χ2v) is 6.52. The summed E-state index contributed by atoms with van der Waals surface area (Å²) in [6.07, 6.45) is 0. The highest BCUT2D eigenvalue weighted by molar-refractivity contribution is 6.70. The zero-order chi connectivity index (χ0) is 19.5. The van der Waals surface area contributed by atoms with Gasteiger partial charge in [-0.1, -0.05) is 60.1 Å². The summed E-state index contributed by atoms with van der Waals surface area (Å²) in [4.78, 5) is 16.7. The molecule has 28 heavy (non-hydrogen) atoms. The number of anilines is 1. The highest BCUT2D eigenvalue weighted by Crippen LogP contribution is 2.32. The second-order valence-electron chi connectivity index (χ2n) is 6.16. The zero-order valence-corrected chi connectivity index (χ0v) is 15.4. The molecule has 5 nitrogen and oxygen atoms in total. The van der Waals surface area contributed by atoms with Crippen LogP contribution in [0, 0.1) is 11.3 Å². The fraction of sp³-hybridized carbons (Fsp3) is 0.0455. The minimum atomic E-state index is -0.758. The summed E-state index contributed by atoms with van der Waals surface area (Å²) in [6, 6.07) is 22.8. The van der Waals surface area contributed by atoms with Crippen LogP contribution in [0.4, 0.5) is 11.4 Å². The van der Waals surface area contributed by atoms with E-state index in [1.807, 2.05) is 60.7 Å². The molecule has 0 saturated carbocycles. The van der Waals surface area contributed by atoms with Crippen molar-refractivity contribution in [2.24, 2.45) is 4.99 Å². The molecule has 0 aliphatic carbocycles. The van der Waals surface area contributed by atoms with Crippen LogP contribution in [0.5, 0.6) is 0 Å². The van der Waals surface area contributed by atoms with E-state index in [-0.39, 0.29) is 23.0 Å². The molecule has 3 aromatic rings. The van der Waals surface area contributed by atoms with E-state index in [0.717, 1.165) is 16.3 Å². The van der Waals surface area contributed by atoms with Crippen LogP contribution in [0.1, 0.15) is 5.56 Å². The number of fused-ring (bicyclic) bond motifs is 2. The Bertz CT molecular complexity index is 1190. The number of nitrogens with zero attached hydrogens (tertiary/aromatic N) is 2. The van der Waals surface area contributed by atoms with Gasteiger partial charge in [0.25, 0.3) is 0 Å². The lowest BCUT2D eigenvalue weighted by Crippen LogP contribution is -2.18. The summed E-state index contributed by atoms with van der Waals surface area (Å²) in [5.41, 5.74) is 2.06. The number of benzene rings is 3. The first-order valence-electron chi connectivity index (χ1n) is 8.55. The SMILES string of the molecule is N#C/C(C(=O)OCc1ccc2ccccc2c1)=C1\Nc2ccccc2N=C1Cl. The molecule has 0 aromatic heterocycles. The van der Waals surface area contributed by atoms with Gasteiger partial charge in [0.1, 0.15) is 18.4 Å². The van der Waals surface area contributed by atoms with E-state index in [1.165, 1.54) is 0 Å². The Balaban J connectivity index is 1.56. The highest BCUT2D eigenvalue weighted by atomic mass is 35.5. The quantitative estimate of drug-likeness (QED) is 0.387. The molecule has 0 spiro atoms. The number of hydrogen-bond acceptors (Lipinski definition) is 5. The number of nitrogens with one attached hydrogen (secondary N) is 1. The maximum absolute atomic E-state index is 12.5. The molecule has 1 aliphatic heterocycles. The molecular formula is C22H14ClN3O2. The topological polar surface area (TPSA) is 74.5 Å². The van der Waals surface area contributed by atoms with E-state index in [1.54, 1.807) is 12.1 Å². The van der Waals surface area contributed by atoms with Crippen molar-refractivity contribution in [3.05, 3.63) is 83.6 Å². The number of allylic oxidation sites excluding steroid dienone is 1. The van der Waals surface area contributed by atoms with Crippen LogP contribution in [0.15, 0.2) is 83.0 Å². The van der Waals surface area contributed by atoms with Gasteiger partial charge < -0.3 is 10.1 Å². The monoisotopic (exact) mass is 387 g/mol. The van der Waals surface area contributed by atoms with E-state index in [4.69, 9.17) is 16.3 Å². The number of aliphatic imine (C=N–C) groups is 1. The first-order chi connectivity index (χ1) is 13.7. The third-order valence-corrected chi connectivity index (χ3v) is 4.61. The summed E-state index contributed by atoms with van der Waals surface area (Å²) in [5.74, 6) is -0.758. The van der Waals surface area contributed by atoms with Gasteiger partial charge in [0, 0.05) is 0 Å². The zero-order valence-electron chi connectivity index (χ0n) is 14.6.